The van der Waals surface area contributed by atoms with Gasteiger partial charge in [0.25, 0.3) is 5.91 Å². The van der Waals surface area contributed by atoms with Gasteiger partial charge in [-0.1, -0.05) is 12.1 Å². The minimum atomic E-state index is 0.129. The highest BCUT2D eigenvalue weighted by atomic mass is 32.2. The predicted octanol–water partition coefficient (Wildman–Crippen LogP) is 2.63. The summed E-state index contributed by atoms with van der Waals surface area (Å²) in [5.41, 5.74) is 0.935. The van der Waals surface area contributed by atoms with Gasteiger partial charge in [0, 0.05) is 23.6 Å². The molecule has 3 heterocycles. The van der Waals surface area contributed by atoms with Gasteiger partial charge in [0.2, 0.25) is 0 Å². The van der Waals surface area contributed by atoms with E-state index in [4.69, 9.17) is 0 Å². The minimum Gasteiger partial charge on any atom is -0.332 e. The smallest absolute Gasteiger partial charge is 0.283 e. The highest BCUT2D eigenvalue weighted by Crippen LogP contribution is 2.38. The van der Waals surface area contributed by atoms with Gasteiger partial charge >= 0.3 is 0 Å². The maximum atomic E-state index is 12.5. The topological polar surface area (TPSA) is 33.2 Å². The number of carbonyl (C=O) groups excluding carboxylic acids is 1. The molecule has 1 amide bonds. The van der Waals surface area contributed by atoms with E-state index in [1.54, 1.807) is 0 Å². The number of thioether (sulfide) groups is 1. The fourth-order valence-corrected chi connectivity index (χ4v) is 5.09. The van der Waals surface area contributed by atoms with Gasteiger partial charge < -0.3 is 4.90 Å². The van der Waals surface area contributed by atoms with Gasteiger partial charge in [-0.15, -0.1) is 11.3 Å². The molecule has 0 spiro atoms. The lowest BCUT2D eigenvalue weighted by Gasteiger charge is -2.25. The molecular weight excluding hydrogens is 264 g/mol. The number of aromatic nitrogens is 1. The van der Waals surface area contributed by atoms with E-state index in [0.29, 0.717) is 16.3 Å². The van der Waals surface area contributed by atoms with Crippen LogP contribution in [-0.4, -0.2) is 39.4 Å². The first-order valence-electron chi connectivity index (χ1n) is 6.09. The molecule has 92 valence electrons. The first-order valence-corrected chi connectivity index (χ1v) is 7.96. The molecular formula is C13H12N2OS2. The summed E-state index contributed by atoms with van der Waals surface area (Å²) in [5, 5.41) is 1.31. The van der Waals surface area contributed by atoms with Gasteiger partial charge in [0.15, 0.2) is 5.01 Å². The summed E-state index contributed by atoms with van der Waals surface area (Å²) in [6.07, 6.45) is 1.17. The fourth-order valence-electron chi connectivity index (χ4n) is 2.73. The van der Waals surface area contributed by atoms with Gasteiger partial charge in [-0.25, -0.2) is 4.98 Å². The van der Waals surface area contributed by atoms with Crippen LogP contribution in [0.5, 0.6) is 0 Å². The van der Waals surface area contributed by atoms with Crippen LogP contribution in [0.3, 0.4) is 0 Å². The number of carbonyl (C=O) groups is 1. The molecule has 1 aromatic carbocycles. The zero-order valence-electron chi connectivity index (χ0n) is 9.70. The number of benzene rings is 1. The summed E-state index contributed by atoms with van der Waals surface area (Å²) < 4.78 is 1.10. The third-order valence-electron chi connectivity index (χ3n) is 3.64. The van der Waals surface area contributed by atoms with Crippen molar-refractivity contribution in [2.24, 2.45) is 0 Å². The number of rotatable bonds is 1. The maximum absolute atomic E-state index is 12.5. The lowest BCUT2D eigenvalue weighted by atomic mass is 10.2. The molecule has 2 aromatic rings. The Labute approximate surface area is 113 Å². The normalized spacial score (nSPS) is 26.1. The largest absolute Gasteiger partial charge is 0.332 e. The van der Waals surface area contributed by atoms with E-state index in [0.717, 1.165) is 22.5 Å². The monoisotopic (exact) mass is 276 g/mol. The lowest BCUT2D eigenvalue weighted by Crippen LogP contribution is -2.39. The van der Waals surface area contributed by atoms with Crippen LogP contribution in [0.2, 0.25) is 0 Å². The van der Waals surface area contributed by atoms with Gasteiger partial charge in [-0.2, -0.15) is 11.8 Å². The third-order valence-corrected chi connectivity index (χ3v) is 6.05. The minimum absolute atomic E-state index is 0.129. The highest BCUT2D eigenvalue weighted by molar-refractivity contribution is 8.00. The van der Waals surface area contributed by atoms with E-state index in [2.05, 4.69) is 4.98 Å². The number of amides is 1. The SMILES string of the molecule is O=C(c1nc2ccccc2s1)N1CC2CC1CS2. The van der Waals surface area contributed by atoms with Gasteiger partial charge in [0.1, 0.15) is 0 Å². The molecule has 2 aliphatic heterocycles. The second-order valence-electron chi connectivity index (χ2n) is 4.79. The molecule has 2 saturated heterocycles. The van der Waals surface area contributed by atoms with Crippen LogP contribution in [0.1, 0.15) is 16.2 Å². The quantitative estimate of drug-likeness (QED) is 0.803. The Morgan fingerprint density at radius 2 is 2.28 bits per heavy atom. The summed E-state index contributed by atoms with van der Waals surface area (Å²) in [5.74, 6) is 1.23. The van der Waals surface area contributed by atoms with Crippen molar-refractivity contribution in [2.45, 2.75) is 17.7 Å². The van der Waals surface area contributed by atoms with Crippen molar-refractivity contribution in [1.29, 1.82) is 0 Å². The summed E-state index contributed by atoms with van der Waals surface area (Å²) in [4.78, 5) is 19.0. The van der Waals surface area contributed by atoms with Crippen molar-refractivity contribution < 1.29 is 4.79 Å². The second kappa shape index (κ2) is 3.96. The third kappa shape index (κ3) is 1.57. The number of para-hydroxylation sites is 1. The highest BCUT2D eigenvalue weighted by Gasteiger charge is 2.41. The molecule has 2 aliphatic rings. The average Bonchev–Trinajstić information content (AvgIpc) is 3.11. The molecule has 2 unspecified atom stereocenters. The van der Waals surface area contributed by atoms with E-state index < -0.39 is 0 Å². The fraction of sp³-hybridized carbons (Fsp3) is 0.385. The molecule has 0 saturated carbocycles. The number of fused-ring (bicyclic) bond motifs is 3. The molecule has 0 aliphatic carbocycles. The Bertz CT molecular complexity index is 591. The Morgan fingerprint density at radius 1 is 1.39 bits per heavy atom. The van der Waals surface area contributed by atoms with Crippen molar-refractivity contribution in [3.05, 3.63) is 29.3 Å². The Hall–Kier alpha value is -1.07. The molecule has 0 N–H and O–H groups in total. The van der Waals surface area contributed by atoms with E-state index in [-0.39, 0.29) is 5.91 Å². The average molecular weight is 276 g/mol. The van der Waals surface area contributed by atoms with Crippen molar-refractivity contribution in [2.75, 3.05) is 12.3 Å². The molecule has 3 nitrogen and oxygen atoms in total. The number of thiazole rings is 1. The van der Waals surface area contributed by atoms with Crippen LogP contribution in [0.15, 0.2) is 24.3 Å². The Balaban J connectivity index is 1.68. The standard InChI is InChI=1S/C13H12N2OS2/c16-13(15-6-9-5-8(15)7-17-9)12-14-10-3-1-2-4-11(10)18-12/h1-4,8-9H,5-7H2. The molecule has 0 radical (unpaired) electrons. The maximum Gasteiger partial charge on any atom is 0.283 e. The van der Waals surface area contributed by atoms with E-state index in [1.165, 1.54) is 17.8 Å². The summed E-state index contributed by atoms with van der Waals surface area (Å²) >= 11 is 3.51. The van der Waals surface area contributed by atoms with Crippen LogP contribution in [-0.2, 0) is 0 Å². The Morgan fingerprint density at radius 3 is 3.00 bits per heavy atom. The number of likely N-dealkylation sites (tertiary alicyclic amines) is 1. The first kappa shape index (κ1) is 10.8. The summed E-state index contributed by atoms with van der Waals surface area (Å²) in [7, 11) is 0. The van der Waals surface area contributed by atoms with Crippen LogP contribution in [0.25, 0.3) is 10.2 Å². The van der Waals surface area contributed by atoms with Crippen molar-refractivity contribution in [3.63, 3.8) is 0 Å². The van der Waals surface area contributed by atoms with Gasteiger partial charge in [-0.05, 0) is 18.6 Å². The van der Waals surface area contributed by atoms with Crippen LogP contribution >= 0.6 is 23.1 Å². The van der Waals surface area contributed by atoms with Crippen molar-refractivity contribution >= 4 is 39.2 Å². The zero-order chi connectivity index (χ0) is 12.1. The molecule has 18 heavy (non-hydrogen) atoms. The van der Waals surface area contributed by atoms with Crippen LogP contribution in [0.4, 0.5) is 0 Å². The van der Waals surface area contributed by atoms with E-state index in [1.807, 2.05) is 40.9 Å². The summed E-state index contributed by atoms with van der Waals surface area (Å²) in [6.45, 7) is 0.907. The molecule has 1 aromatic heterocycles. The zero-order valence-corrected chi connectivity index (χ0v) is 11.3. The first-order chi connectivity index (χ1) is 8.81. The molecule has 4 rings (SSSR count). The molecule has 2 fully saturated rings. The van der Waals surface area contributed by atoms with Crippen LogP contribution in [0, 0.1) is 0 Å². The van der Waals surface area contributed by atoms with Crippen molar-refractivity contribution in [3.8, 4) is 0 Å². The number of hydrogen-bond donors (Lipinski definition) is 0. The molecule has 2 bridgehead atoms. The predicted molar refractivity (Wildman–Crippen MR) is 75.3 cm³/mol. The van der Waals surface area contributed by atoms with E-state index in [9.17, 15) is 4.79 Å². The van der Waals surface area contributed by atoms with Gasteiger partial charge in [0.05, 0.1) is 10.2 Å². The van der Waals surface area contributed by atoms with Gasteiger partial charge in [-0.3, -0.25) is 4.79 Å². The number of hydrogen-bond acceptors (Lipinski definition) is 4. The van der Waals surface area contributed by atoms with Crippen LogP contribution < -0.4 is 0 Å². The van der Waals surface area contributed by atoms with Crippen molar-refractivity contribution in [1.82, 2.24) is 9.88 Å². The summed E-state index contributed by atoms with van der Waals surface area (Å²) in [6, 6.07) is 8.39. The van der Waals surface area contributed by atoms with E-state index >= 15 is 0 Å². The number of nitrogens with zero attached hydrogens (tertiary/aromatic N) is 2. The molecule has 2 atom stereocenters. The molecule has 5 heteroatoms. The Kier molecular flexibility index (Phi) is 2.38. The lowest BCUT2D eigenvalue weighted by molar-refractivity contribution is 0.0747. The second-order valence-corrected chi connectivity index (χ2v) is 7.15.